The van der Waals surface area contributed by atoms with E-state index in [-0.39, 0.29) is 47.0 Å². The minimum atomic E-state index is -4.93. The minimum Gasteiger partial charge on any atom is -0.493 e. The normalized spacial score (nSPS) is 16.6. The van der Waals surface area contributed by atoms with Crippen LogP contribution in [0.3, 0.4) is 0 Å². The van der Waals surface area contributed by atoms with Crippen molar-refractivity contribution in [2.24, 2.45) is 0 Å². The maximum Gasteiger partial charge on any atom is 0.452 e. The Labute approximate surface area is 226 Å². The van der Waals surface area contributed by atoms with E-state index in [1.54, 1.807) is 25.1 Å². The molecule has 39 heavy (non-hydrogen) atoms. The number of rotatable bonds is 9. The number of benzene rings is 2. The molecule has 0 N–H and O–H groups in total. The van der Waals surface area contributed by atoms with Crippen molar-refractivity contribution in [2.45, 2.75) is 31.7 Å². The zero-order chi connectivity index (χ0) is 28.3. The van der Waals surface area contributed by atoms with Crippen LogP contribution in [-0.2, 0) is 25.2 Å². The van der Waals surface area contributed by atoms with Crippen LogP contribution in [0.15, 0.2) is 30.3 Å². The average molecular weight is 572 g/mol. The number of ether oxygens (including phenoxy) is 6. The predicted octanol–water partition coefficient (Wildman–Crippen LogP) is 5.05. The molecule has 2 aromatic carbocycles. The Kier molecular flexibility index (Phi) is 8.52. The quantitative estimate of drug-likeness (QED) is 0.258. The third-order valence-corrected chi connectivity index (χ3v) is 6.03. The predicted molar refractivity (Wildman–Crippen MR) is 130 cm³/mol. The van der Waals surface area contributed by atoms with Gasteiger partial charge in [-0.05, 0) is 19.1 Å². The van der Waals surface area contributed by atoms with Crippen LogP contribution in [0.2, 0.25) is 5.02 Å². The smallest absolute Gasteiger partial charge is 0.452 e. The fraction of sp³-hybridized carbons (Fsp3) is 0.400. The molecule has 1 aromatic heterocycles. The molecule has 0 fully saturated rings. The third-order valence-electron chi connectivity index (χ3n) is 5.81. The molecule has 10 nitrogen and oxygen atoms in total. The molecule has 0 radical (unpaired) electrons. The molecule has 0 unspecified atom stereocenters. The van der Waals surface area contributed by atoms with Crippen molar-refractivity contribution < 1.29 is 46.4 Å². The minimum absolute atomic E-state index is 0.0573. The van der Waals surface area contributed by atoms with E-state index in [4.69, 9.17) is 40.0 Å². The molecule has 14 heteroatoms. The zero-order valence-electron chi connectivity index (χ0n) is 21.4. The van der Waals surface area contributed by atoms with Gasteiger partial charge in [-0.2, -0.15) is 13.2 Å². The fourth-order valence-corrected chi connectivity index (χ4v) is 4.56. The second-order valence-electron chi connectivity index (χ2n) is 8.20. The van der Waals surface area contributed by atoms with Gasteiger partial charge >= 0.3 is 12.1 Å². The first-order valence-corrected chi connectivity index (χ1v) is 12.0. The fourth-order valence-electron chi connectivity index (χ4n) is 4.34. The third kappa shape index (κ3) is 5.60. The van der Waals surface area contributed by atoms with Crippen molar-refractivity contribution >= 4 is 17.6 Å². The molecule has 0 aliphatic carbocycles. The summed E-state index contributed by atoms with van der Waals surface area (Å²) < 4.78 is 76.7. The highest BCUT2D eigenvalue weighted by Gasteiger charge is 2.45. The van der Waals surface area contributed by atoms with Gasteiger partial charge in [0.25, 0.3) is 0 Å². The molecule has 0 spiro atoms. The molecule has 4 rings (SSSR count). The van der Waals surface area contributed by atoms with Crippen LogP contribution in [0.5, 0.6) is 17.2 Å². The average Bonchev–Trinajstić information content (AvgIpc) is 3.29. The molecule has 2 heterocycles. The van der Waals surface area contributed by atoms with Crippen LogP contribution in [0.1, 0.15) is 48.3 Å². The Morgan fingerprint density at radius 3 is 2.51 bits per heavy atom. The number of alkyl halides is 3. The van der Waals surface area contributed by atoms with Crippen LogP contribution in [0.4, 0.5) is 13.2 Å². The lowest BCUT2D eigenvalue weighted by Gasteiger charge is -2.25. The van der Waals surface area contributed by atoms with Gasteiger partial charge in [0.05, 0.1) is 32.9 Å². The number of aromatic nitrogens is 3. The lowest BCUT2D eigenvalue weighted by molar-refractivity contribution is -0.147. The Morgan fingerprint density at radius 2 is 1.87 bits per heavy atom. The van der Waals surface area contributed by atoms with Crippen molar-refractivity contribution in [1.29, 1.82) is 0 Å². The number of hydrogen-bond acceptors (Lipinski definition) is 9. The summed E-state index contributed by atoms with van der Waals surface area (Å²) in [7, 11) is 4.21. The van der Waals surface area contributed by atoms with Crippen molar-refractivity contribution in [3.8, 4) is 22.9 Å². The van der Waals surface area contributed by atoms with E-state index in [0.717, 1.165) is 4.57 Å². The number of esters is 1. The topological polar surface area (TPSA) is 103 Å². The van der Waals surface area contributed by atoms with Gasteiger partial charge in [-0.25, -0.2) is 0 Å². The molecule has 0 saturated carbocycles. The maximum atomic E-state index is 14.3. The zero-order valence-corrected chi connectivity index (χ0v) is 22.1. The highest BCUT2D eigenvalue weighted by molar-refractivity contribution is 6.30. The van der Waals surface area contributed by atoms with Crippen molar-refractivity contribution in [3.05, 3.63) is 58.1 Å². The first-order chi connectivity index (χ1) is 18.6. The van der Waals surface area contributed by atoms with E-state index in [1.807, 2.05) is 0 Å². The highest BCUT2D eigenvalue weighted by atomic mass is 35.5. The summed E-state index contributed by atoms with van der Waals surface area (Å²) in [6.45, 7) is 1.37. The van der Waals surface area contributed by atoms with E-state index in [2.05, 4.69) is 10.2 Å². The van der Waals surface area contributed by atoms with Crippen molar-refractivity contribution in [2.75, 3.05) is 34.7 Å². The molecule has 1 aliphatic rings. The van der Waals surface area contributed by atoms with E-state index < -0.39 is 36.6 Å². The summed E-state index contributed by atoms with van der Waals surface area (Å²) in [5.41, 5.74) is 0.460. The van der Waals surface area contributed by atoms with E-state index in [1.165, 1.54) is 33.5 Å². The van der Waals surface area contributed by atoms with E-state index >= 15 is 0 Å². The number of fused-ring (bicyclic) bond motifs is 3. The molecule has 0 saturated heterocycles. The van der Waals surface area contributed by atoms with Crippen LogP contribution < -0.4 is 14.2 Å². The molecule has 2 atom stereocenters. The van der Waals surface area contributed by atoms with Gasteiger partial charge in [0.2, 0.25) is 5.82 Å². The van der Waals surface area contributed by atoms with Gasteiger partial charge in [-0.1, -0.05) is 23.7 Å². The standard InChI is InChI=1S/C25H25ClF3N3O7/c1-5-37-19(33)11-18-23-30-31-24(25(27,28)29)32(23)20-15(9-13(26)10-17(20)38-12-34-2)21(39-18)14-7-6-8-16(35-3)22(14)36-4/h6-10,18,21H,5,11-12H2,1-4H3/t18-,21-/m0/s1. The Hall–Kier alpha value is -3.55. The number of methoxy groups -OCH3 is 3. The summed E-state index contributed by atoms with van der Waals surface area (Å²) >= 11 is 6.42. The first-order valence-electron chi connectivity index (χ1n) is 11.6. The summed E-state index contributed by atoms with van der Waals surface area (Å²) in [5.74, 6) is -1.79. The van der Waals surface area contributed by atoms with Gasteiger partial charge in [-0.3, -0.25) is 9.36 Å². The summed E-state index contributed by atoms with van der Waals surface area (Å²) in [6, 6.07) is 7.76. The number of nitrogens with zero attached hydrogens (tertiary/aromatic N) is 3. The Bertz CT molecular complexity index is 1350. The van der Waals surface area contributed by atoms with E-state index in [9.17, 15) is 18.0 Å². The number of carbonyl (C=O) groups is 1. The van der Waals surface area contributed by atoms with Crippen LogP contribution >= 0.6 is 11.6 Å². The van der Waals surface area contributed by atoms with Gasteiger partial charge in [0, 0.05) is 29.3 Å². The number of halogens is 4. The highest BCUT2D eigenvalue weighted by Crippen LogP contribution is 2.49. The molecule has 0 amide bonds. The van der Waals surface area contributed by atoms with Crippen LogP contribution in [0, 0.1) is 0 Å². The van der Waals surface area contributed by atoms with Gasteiger partial charge in [0.15, 0.2) is 24.1 Å². The van der Waals surface area contributed by atoms with Crippen LogP contribution in [-0.4, -0.2) is 55.5 Å². The largest absolute Gasteiger partial charge is 0.493 e. The number of hydrogen-bond donors (Lipinski definition) is 0. The molecular formula is C25H25ClF3N3O7. The van der Waals surface area contributed by atoms with E-state index in [0.29, 0.717) is 11.3 Å². The van der Waals surface area contributed by atoms with Gasteiger partial charge in [0.1, 0.15) is 18.0 Å². The van der Waals surface area contributed by atoms with Crippen molar-refractivity contribution in [1.82, 2.24) is 14.8 Å². The lowest BCUT2D eigenvalue weighted by Crippen LogP contribution is -2.19. The van der Waals surface area contributed by atoms with Crippen LogP contribution in [0.25, 0.3) is 5.69 Å². The lowest BCUT2D eigenvalue weighted by atomic mass is 9.97. The molecule has 3 aromatic rings. The first kappa shape index (κ1) is 28.5. The van der Waals surface area contributed by atoms with Crippen molar-refractivity contribution in [3.63, 3.8) is 0 Å². The summed E-state index contributed by atoms with van der Waals surface area (Å²) in [4.78, 5) is 12.6. The monoisotopic (exact) mass is 571 g/mol. The maximum absolute atomic E-state index is 14.3. The Balaban J connectivity index is 2.08. The SMILES string of the molecule is CCOC(=O)C[C@@H]1O[C@@H](c2cccc(OC)c2OC)c2cc(Cl)cc(OCOC)c2-n2c1nnc2C(F)(F)F. The summed E-state index contributed by atoms with van der Waals surface area (Å²) in [5, 5.41) is 7.36. The van der Waals surface area contributed by atoms with Gasteiger partial charge < -0.3 is 28.4 Å². The molecule has 1 aliphatic heterocycles. The Morgan fingerprint density at radius 1 is 1.10 bits per heavy atom. The molecular weight excluding hydrogens is 547 g/mol. The molecule has 210 valence electrons. The number of para-hydroxylation sites is 1. The second-order valence-corrected chi connectivity index (χ2v) is 8.64. The summed E-state index contributed by atoms with van der Waals surface area (Å²) in [6.07, 6.45) is -7.84. The second kappa shape index (κ2) is 11.7. The van der Waals surface area contributed by atoms with Gasteiger partial charge in [-0.15, -0.1) is 10.2 Å². The molecule has 0 bridgehead atoms. The number of carbonyl (C=O) groups excluding carboxylic acids is 1.